The summed E-state index contributed by atoms with van der Waals surface area (Å²) in [6.07, 6.45) is 0. The van der Waals surface area contributed by atoms with Crippen LogP contribution in [0, 0.1) is 0 Å². The second-order valence-corrected chi connectivity index (χ2v) is 3.81. The molecule has 1 aromatic rings. The summed E-state index contributed by atoms with van der Waals surface area (Å²) >= 11 is 27.9. The van der Waals surface area contributed by atoms with Gasteiger partial charge in [0.15, 0.2) is 5.75 Å². The fraction of sp³-hybridized carbons (Fsp3) is 0. The van der Waals surface area contributed by atoms with Gasteiger partial charge in [0.1, 0.15) is 10.0 Å². The smallest absolute Gasteiger partial charge is 0.155 e. The van der Waals surface area contributed by atoms with Crippen LogP contribution in [-0.4, -0.2) is 10.6 Å². The van der Waals surface area contributed by atoms with E-state index in [1.54, 1.807) is 0 Å². The number of rotatable bonds is 0. The number of halogens is 6. The lowest BCUT2D eigenvalue weighted by atomic mass is 10.3. The van der Waals surface area contributed by atoms with E-state index >= 15 is 0 Å². The highest BCUT2D eigenvalue weighted by Gasteiger charge is 2.17. The number of hydrogen-bond acceptors (Lipinski definition) is 1. The molecule has 0 unspecified atom stereocenters. The predicted octanol–water partition coefficient (Wildman–Crippen LogP) is 4.26. The van der Waals surface area contributed by atoms with Crippen LogP contribution in [0.2, 0.25) is 25.1 Å². The molecule has 82 valence electrons. The van der Waals surface area contributed by atoms with Crippen molar-refractivity contribution in [1.29, 1.82) is 0 Å². The normalized spacial score (nSPS) is 8.93. The summed E-state index contributed by atoms with van der Waals surface area (Å²) in [6, 6.07) is 0. The van der Waals surface area contributed by atoms with Crippen LogP contribution in [-0.2, 0) is 0 Å². The number of phenolic OH excluding ortho intramolecular Hbond substituents is 1. The van der Waals surface area contributed by atoms with Crippen LogP contribution in [0.3, 0.4) is 0 Å². The molecule has 0 atom stereocenters. The second kappa shape index (κ2) is 6.33. The largest absolute Gasteiger partial charge is 0.505 e. The van der Waals surface area contributed by atoms with Gasteiger partial charge in [0.25, 0.3) is 0 Å². The monoisotopic (exact) mass is 318 g/mol. The van der Waals surface area contributed by atoms with E-state index in [9.17, 15) is 5.11 Å². The molecule has 0 saturated carbocycles. The molecule has 0 amide bonds. The van der Waals surface area contributed by atoms with Crippen molar-refractivity contribution in [2.24, 2.45) is 0 Å². The summed E-state index contributed by atoms with van der Waals surface area (Å²) in [5.74, 6) is -0.363. The Morgan fingerprint density at radius 2 is 0.857 bits per heavy atom. The minimum absolute atomic E-state index is 0. The lowest BCUT2D eigenvalue weighted by Gasteiger charge is -2.06. The Hall–Kier alpha value is 0.720. The molecular weight excluding hydrogens is 317 g/mol. The van der Waals surface area contributed by atoms with Crippen LogP contribution in [0.15, 0.2) is 0 Å². The van der Waals surface area contributed by atoms with Gasteiger partial charge in [-0.15, -0.1) is 12.4 Å². The Kier molecular flexibility index (Phi) is 7.75. The zero-order valence-corrected chi connectivity index (χ0v) is 10.8. The summed E-state index contributed by atoms with van der Waals surface area (Å²) in [5.41, 5.74) is 0. The molecule has 0 saturated heterocycles. The molecule has 0 aliphatic heterocycles. The Balaban J connectivity index is 0. The van der Waals surface area contributed by atoms with Crippen LogP contribution in [0.1, 0.15) is 0 Å². The van der Waals surface area contributed by atoms with Crippen molar-refractivity contribution in [1.82, 2.24) is 0 Å². The van der Waals surface area contributed by atoms with Crippen molar-refractivity contribution >= 4 is 70.4 Å². The molecule has 2 nitrogen and oxygen atoms in total. The number of aromatic hydroxyl groups is 1. The molecule has 0 fully saturated rings. The first-order chi connectivity index (χ1) is 5.46. The Bertz CT molecular complexity index is 235. The highest BCUT2D eigenvalue weighted by Crippen LogP contribution is 2.47. The summed E-state index contributed by atoms with van der Waals surface area (Å²) in [7, 11) is 0. The van der Waals surface area contributed by atoms with Crippen molar-refractivity contribution in [3.8, 4) is 5.75 Å². The van der Waals surface area contributed by atoms with E-state index in [1.807, 2.05) is 0 Å². The maximum Gasteiger partial charge on any atom is 0.155 e. The Morgan fingerprint density at radius 3 is 1.14 bits per heavy atom. The van der Waals surface area contributed by atoms with Gasteiger partial charge >= 0.3 is 0 Å². The van der Waals surface area contributed by atoms with E-state index < -0.39 is 0 Å². The summed E-state index contributed by atoms with van der Waals surface area (Å²) < 4.78 is 0. The van der Waals surface area contributed by atoms with E-state index in [2.05, 4.69) is 0 Å². The minimum atomic E-state index is -0.363. The van der Waals surface area contributed by atoms with Gasteiger partial charge in [-0.05, 0) is 0 Å². The van der Waals surface area contributed by atoms with Crippen molar-refractivity contribution in [2.45, 2.75) is 0 Å². The maximum absolute atomic E-state index is 9.20. The molecule has 1 rings (SSSR count). The van der Waals surface area contributed by atoms with Crippen LogP contribution in [0.5, 0.6) is 5.75 Å². The molecule has 0 aromatic heterocycles. The van der Waals surface area contributed by atoms with Crippen molar-refractivity contribution in [3.05, 3.63) is 25.1 Å². The molecular formula is C6H4Cl6O2. The average Bonchev–Trinajstić information content (AvgIpc) is 2.08. The van der Waals surface area contributed by atoms with Crippen LogP contribution in [0.4, 0.5) is 0 Å². The van der Waals surface area contributed by atoms with E-state index in [4.69, 9.17) is 58.0 Å². The minimum Gasteiger partial charge on any atom is -0.505 e. The third-order valence-electron chi connectivity index (χ3n) is 1.19. The van der Waals surface area contributed by atoms with Gasteiger partial charge in [-0.2, -0.15) is 0 Å². The van der Waals surface area contributed by atoms with E-state index in [0.29, 0.717) is 0 Å². The summed E-state index contributed by atoms with van der Waals surface area (Å²) in [4.78, 5) is 0. The van der Waals surface area contributed by atoms with E-state index in [1.165, 1.54) is 0 Å². The molecule has 0 radical (unpaired) electrons. The Morgan fingerprint density at radius 1 is 0.643 bits per heavy atom. The van der Waals surface area contributed by atoms with E-state index in [-0.39, 0.29) is 48.7 Å². The van der Waals surface area contributed by atoms with E-state index in [0.717, 1.165) is 0 Å². The van der Waals surface area contributed by atoms with Crippen molar-refractivity contribution < 1.29 is 10.6 Å². The fourth-order valence-corrected chi connectivity index (χ4v) is 1.72. The van der Waals surface area contributed by atoms with Crippen molar-refractivity contribution in [3.63, 3.8) is 0 Å². The Labute approximate surface area is 111 Å². The molecule has 0 aliphatic rings. The summed E-state index contributed by atoms with van der Waals surface area (Å²) in [6.45, 7) is 0. The lowest BCUT2D eigenvalue weighted by molar-refractivity contribution is 0.476. The van der Waals surface area contributed by atoms with Gasteiger partial charge in [0.2, 0.25) is 0 Å². The molecule has 0 aliphatic carbocycles. The van der Waals surface area contributed by atoms with Gasteiger partial charge < -0.3 is 10.6 Å². The maximum atomic E-state index is 9.20. The quantitative estimate of drug-likeness (QED) is 0.563. The number of phenols is 1. The standard InChI is InChI=1S/C6HCl5O.ClH.H2O/c7-1-2(8)4(10)6(12)5(11)3(1)9;;/h12H;1H;1H2. The molecule has 14 heavy (non-hydrogen) atoms. The topological polar surface area (TPSA) is 51.7 Å². The molecule has 0 heterocycles. The van der Waals surface area contributed by atoms with Gasteiger partial charge in [0.05, 0.1) is 15.1 Å². The predicted molar refractivity (Wildman–Crippen MR) is 64.0 cm³/mol. The van der Waals surface area contributed by atoms with Crippen LogP contribution < -0.4 is 0 Å². The van der Waals surface area contributed by atoms with Gasteiger partial charge in [0, 0.05) is 0 Å². The van der Waals surface area contributed by atoms with Gasteiger partial charge in [-0.25, -0.2) is 0 Å². The molecule has 0 bridgehead atoms. The first-order valence-corrected chi connectivity index (χ1v) is 4.56. The SMILES string of the molecule is Cl.O.Oc1c(Cl)c(Cl)c(Cl)c(Cl)c1Cl. The third-order valence-corrected chi connectivity index (χ3v) is 3.44. The summed E-state index contributed by atoms with van der Waals surface area (Å²) in [5, 5.41) is 9.01. The van der Waals surface area contributed by atoms with Gasteiger partial charge in [-0.3, -0.25) is 0 Å². The average molecular weight is 321 g/mol. The molecule has 0 spiro atoms. The molecule has 1 aromatic carbocycles. The van der Waals surface area contributed by atoms with Crippen LogP contribution in [0.25, 0.3) is 0 Å². The first-order valence-electron chi connectivity index (χ1n) is 2.67. The van der Waals surface area contributed by atoms with Crippen molar-refractivity contribution in [2.75, 3.05) is 0 Å². The fourth-order valence-electron chi connectivity index (χ4n) is 0.593. The zero-order chi connectivity index (χ0) is 9.46. The molecule has 8 heteroatoms. The third kappa shape index (κ3) is 2.86. The van der Waals surface area contributed by atoms with Gasteiger partial charge in [-0.1, -0.05) is 58.0 Å². The highest BCUT2D eigenvalue weighted by atomic mass is 35.5. The number of hydrogen-bond donors (Lipinski definition) is 1. The molecule has 3 N–H and O–H groups in total. The zero-order valence-electron chi connectivity index (χ0n) is 6.25. The lowest BCUT2D eigenvalue weighted by Crippen LogP contribution is -1.78. The van der Waals surface area contributed by atoms with Crippen LogP contribution >= 0.6 is 70.4 Å². The highest BCUT2D eigenvalue weighted by molar-refractivity contribution is 6.55. The second-order valence-electron chi connectivity index (χ2n) is 1.92. The first kappa shape index (κ1) is 17.1. The number of benzene rings is 1.